The van der Waals surface area contributed by atoms with E-state index in [0.717, 1.165) is 26.2 Å². The molecule has 0 atom stereocenters. The smallest absolute Gasteiger partial charge is 0.246 e. The van der Waals surface area contributed by atoms with E-state index in [0.29, 0.717) is 11.6 Å². The van der Waals surface area contributed by atoms with Gasteiger partial charge in [0.1, 0.15) is 19.2 Å². The molecule has 1 N–H and O–H groups in total. The van der Waals surface area contributed by atoms with Crippen LogP contribution in [-0.4, -0.2) is 56.8 Å². The van der Waals surface area contributed by atoms with Gasteiger partial charge in [-0.2, -0.15) is 5.10 Å². The quantitative estimate of drug-likeness (QED) is 0.723. The second-order valence-electron chi connectivity index (χ2n) is 6.22. The van der Waals surface area contributed by atoms with Crippen molar-refractivity contribution in [2.24, 2.45) is 0 Å². The van der Waals surface area contributed by atoms with Crippen molar-refractivity contribution in [1.29, 1.82) is 0 Å². The van der Waals surface area contributed by atoms with Crippen LogP contribution in [0.3, 0.4) is 0 Å². The highest BCUT2D eigenvalue weighted by Gasteiger charge is 2.19. The Morgan fingerprint density at radius 2 is 1.70 bits per heavy atom. The van der Waals surface area contributed by atoms with Crippen molar-refractivity contribution >= 4 is 23.2 Å². The van der Waals surface area contributed by atoms with Crippen LogP contribution in [0.1, 0.15) is 0 Å². The van der Waals surface area contributed by atoms with Crippen molar-refractivity contribution in [2.75, 3.05) is 41.3 Å². The van der Waals surface area contributed by atoms with Crippen molar-refractivity contribution in [3.05, 3.63) is 55.4 Å². The lowest BCUT2D eigenvalue weighted by atomic mass is 10.2. The summed E-state index contributed by atoms with van der Waals surface area (Å²) in [6.45, 7) is 3.65. The van der Waals surface area contributed by atoms with Gasteiger partial charge in [-0.15, -0.1) is 0 Å². The zero-order valence-electron chi connectivity index (χ0n) is 14.8. The monoisotopic (exact) mass is 364 g/mol. The molecule has 2 aromatic heterocycles. The van der Waals surface area contributed by atoms with E-state index in [4.69, 9.17) is 0 Å². The molecule has 138 valence electrons. The fraction of sp³-hybridized carbons (Fsp3) is 0.278. The van der Waals surface area contributed by atoms with Gasteiger partial charge in [-0.3, -0.25) is 4.79 Å². The van der Waals surface area contributed by atoms with E-state index in [-0.39, 0.29) is 12.5 Å². The molecule has 0 bridgehead atoms. The normalized spacial score (nSPS) is 14.2. The third-order valence-electron chi connectivity index (χ3n) is 4.38. The summed E-state index contributed by atoms with van der Waals surface area (Å²) in [5.41, 5.74) is 1.80. The van der Waals surface area contributed by atoms with Gasteiger partial charge in [0, 0.05) is 31.9 Å². The number of piperazine rings is 1. The van der Waals surface area contributed by atoms with E-state index in [2.05, 4.69) is 59.4 Å². The van der Waals surface area contributed by atoms with Crippen molar-refractivity contribution in [2.45, 2.75) is 6.54 Å². The van der Waals surface area contributed by atoms with Crippen molar-refractivity contribution in [1.82, 2.24) is 24.7 Å². The Kier molecular flexibility index (Phi) is 4.91. The van der Waals surface area contributed by atoms with Gasteiger partial charge in [-0.25, -0.2) is 19.6 Å². The second kappa shape index (κ2) is 7.81. The maximum Gasteiger partial charge on any atom is 0.246 e. The molecule has 27 heavy (non-hydrogen) atoms. The molecular weight excluding hydrogens is 344 g/mol. The predicted molar refractivity (Wildman–Crippen MR) is 102 cm³/mol. The summed E-state index contributed by atoms with van der Waals surface area (Å²) in [5.74, 6) is 0.477. The van der Waals surface area contributed by atoms with E-state index < -0.39 is 0 Å². The molecular formula is C18H20N8O. The Bertz CT molecular complexity index is 858. The number of nitrogens with one attached hydrogen (secondary N) is 1. The number of benzene rings is 1. The third kappa shape index (κ3) is 4.20. The summed E-state index contributed by atoms with van der Waals surface area (Å²) < 4.78 is 1.46. The number of rotatable bonds is 5. The molecule has 0 aliphatic carbocycles. The summed E-state index contributed by atoms with van der Waals surface area (Å²) in [7, 11) is 0. The highest BCUT2D eigenvalue weighted by Crippen LogP contribution is 2.18. The van der Waals surface area contributed by atoms with Gasteiger partial charge in [0.25, 0.3) is 0 Å². The molecule has 0 saturated carbocycles. The molecule has 1 aliphatic heterocycles. The maximum absolute atomic E-state index is 12.0. The minimum Gasteiger partial charge on any atom is -0.368 e. The molecule has 1 amide bonds. The minimum atomic E-state index is -0.201. The number of carbonyl (C=O) groups excluding carboxylic acids is 1. The van der Waals surface area contributed by atoms with Gasteiger partial charge >= 0.3 is 0 Å². The summed E-state index contributed by atoms with van der Waals surface area (Å²) in [5, 5.41) is 6.66. The minimum absolute atomic E-state index is 0.100. The van der Waals surface area contributed by atoms with E-state index in [9.17, 15) is 4.79 Å². The van der Waals surface area contributed by atoms with Crippen LogP contribution >= 0.6 is 0 Å². The van der Waals surface area contributed by atoms with Gasteiger partial charge in [0.2, 0.25) is 11.9 Å². The third-order valence-corrected chi connectivity index (χ3v) is 4.38. The van der Waals surface area contributed by atoms with Crippen LogP contribution < -0.4 is 15.1 Å². The molecule has 4 rings (SSSR count). The number of aromatic nitrogens is 5. The predicted octanol–water partition coefficient (Wildman–Crippen LogP) is 1.03. The van der Waals surface area contributed by atoms with E-state index >= 15 is 0 Å². The molecule has 3 heterocycles. The molecule has 9 heteroatoms. The molecule has 9 nitrogen and oxygen atoms in total. The Morgan fingerprint density at radius 1 is 1.00 bits per heavy atom. The van der Waals surface area contributed by atoms with Gasteiger partial charge < -0.3 is 15.1 Å². The van der Waals surface area contributed by atoms with Gasteiger partial charge in [-0.1, -0.05) is 18.2 Å². The first kappa shape index (κ1) is 17.0. The van der Waals surface area contributed by atoms with Gasteiger partial charge in [0.15, 0.2) is 0 Å². The molecule has 0 unspecified atom stereocenters. The van der Waals surface area contributed by atoms with Crippen LogP contribution in [0.4, 0.5) is 17.3 Å². The summed E-state index contributed by atoms with van der Waals surface area (Å²) in [6, 6.07) is 10.4. The second-order valence-corrected chi connectivity index (χ2v) is 6.22. The molecule has 1 aromatic carbocycles. The zero-order chi connectivity index (χ0) is 18.5. The molecule has 1 aliphatic rings. The molecule has 3 aromatic rings. The lowest BCUT2D eigenvalue weighted by Crippen LogP contribution is -2.47. The molecule has 0 radical (unpaired) electrons. The number of carbonyl (C=O) groups is 1. The summed E-state index contributed by atoms with van der Waals surface area (Å²) in [6.07, 6.45) is 6.15. The maximum atomic E-state index is 12.0. The zero-order valence-corrected chi connectivity index (χ0v) is 14.8. The average Bonchev–Trinajstić information content (AvgIpc) is 3.22. The Balaban J connectivity index is 1.31. The molecule has 0 spiro atoms. The van der Waals surface area contributed by atoms with Crippen LogP contribution in [0.2, 0.25) is 0 Å². The van der Waals surface area contributed by atoms with Crippen LogP contribution in [-0.2, 0) is 11.3 Å². The molecule has 1 fully saturated rings. The number of hydrogen-bond donors (Lipinski definition) is 1. The fourth-order valence-corrected chi connectivity index (χ4v) is 3.01. The fourth-order valence-electron chi connectivity index (χ4n) is 3.01. The van der Waals surface area contributed by atoms with Crippen molar-refractivity contribution < 1.29 is 4.79 Å². The number of para-hydroxylation sites is 1. The lowest BCUT2D eigenvalue weighted by molar-refractivity contribution is -0.116. The van der Waals surface area contributed by atoms with Crippen LogP contribution in [0.15, 0.2) is 55.4 Å². The lowest BCUT2D eigenvalue weighted by Gasteiger charge is -2.36. The summed E-state index contributed by atoms with van der Waals surface area (Å²) >= 11 is 0. The number of amides is 1. The topological polar surface area (TPSA) is 92.1 Å². The Labute approximate surface area is 156 Å². The van der Waals surface area contributed by atoms with Crippen LogP contribution in [0, 0.1) is 0 Å². The SMILES string of the molecule is O=C(Cn1cncn1)Nc1cnc(N2CCN(c3ccccc3)CC2)nc1. The van der Waals surface area contributed by atoms with E-state index in [1.807, 2.05) is 6.07 Å². The van der Waals surface area contributed by atoms with E-state index in [1.54, 1.807) is 12.4 Å². The van der Waals surface area contributed by atoms with Gasteiger partial charge in [0.05, 0.1) is 18.1 Å². The standard InChI is InChI=1S/C18H20N8O/c27-17(12-26-14-19-13-22-26)23-15-10-20-18(21-11-15)25-8-6-24(7-9-25)16-4-2-1-3-5-16/h1-5,10-11,13-14H,6-9,12H2,(H,23,27). The van der Waals surface area contributed by atoms with Crippen molar-refractivity contribution in [3.8, 4) is 0 Å². The highest BCUT2D eigenvalue weighted by atomic mass is 16.2. The Hall–Kier alpha value is -3.49. The summed E-state index contributed by atoms with van der Waals surface area (Å²) in [4.78, 5) is 29.1. The number of nitrogens with zero attached hydrogens (tertiary/aromatic N) is 7. The largest absolute Gasteiger partial charge is 0.368 e. The molecule has 1 saturated heterocycles. The van der Waals surface area contributed by atoms with Crippen LogP contribution in [0.5, 0.6) is 0 Å². The Morgan fingerprint density at radius 3 is 2.37 bits per heavy atom. The number of hydrogen-bond acceptors (Lipinski definition) is 7. The van der Waals surface area contributed by atoms with Crippen LogP contribution in [0.25, 0.3) is 0 Å². The highest BCUT2D eigenvalue weighted by molar-refractivity contribution is 5.90. The first-order chi connectivity index (χ1) is 13.3. The van der Waals surface area contributed by atoms with E-state index in [1.165, 1.54) is 23.0 Å². The van der Waals surface area contributed by atoms with Gasteiger partial charge in [-0.05, 0) is 12.1 Å². The van der Waals surface area contributed by atoms with Crippen molar-refractivity contribution in [3.63, 3.8) is 0 Å². The first-order valence-corrected chi connectivity index (χ1v) is 8.77. The average molecular weight is 364 g/mol. The number of anilines is 3. The first-order valence-electron chi connectivity index (χ1n) is 8.77.